The highest BCUT2D eigenvalue weighted by Gasteiger charge is 2.27. The van der Waals surface area contributed by atoms with Crippen LogP contribution < -0.4 is 0 Å². The van der Waals surface area contributed by atoms with Crippen LogP contribution in [0.5, 0.6) is 0 Å². The molecule has 0 amide bonds. The third kappa shape index (κ3) is 4.02. The fraction of sp³-hybridized carbons (Fsp3) is 0.400. The van der Waals surface area contributed by atoms with Crippen LogP contribution in [0.4, 0.5) is 0 Å². The van der Waals surface area contributed by atoms with Gasteiger partial charge in [0.25, 0.3) is 0 Å². The molecule has 0 saturated heterocycles. The first kappa shape index (κ1) is 16.4. The smallest absolute Gasteiger partial charge is 0.0717 e. The lowest BCUT2D eigenvalue weighted by molar-refractivity contribution is 1.57. The summed E-state index contributed by atoms with van der Waals surface area (Å²) in [4.78, 5) is 2.87. The van der Waals surface area contributed by atoms with Gasteiger partial charge < -0.3 is 0 Å². The van der Waals surface area contributed by atoms with Gasteiger partial charge in [-0.15, -0.1) is 23.5 Å². The number of hydrogen-bond donors (Lipinski definition) is 2. The molecule has 2 aliphatic heterocycles. The second-order valence-corrected chi connectivity index (χ2v) is 12.2. The third-order valence-electron chi connectivity index (χ3n) is 2.08. The molecule has 8 heteroatoms. The van der Waals surface area contributed by atoms with Crippen LogP contribution in [0, 0.1) is 0 Å². The molecule has 0 fully saturated rings. The van der Waals surface area contributed by atoms with Gasteiger partial charge in [-0.3, -0.25) is 0 Å². The Kier molecular flexibility index (Phi) is 7.16. The number of thioether (sulfide) groups is 6. The van der Waals surface area contributed by atoms with Gasteiger partial charge in [-0.05, 0) is 23.7 Å². The Morgan fingerprint density at radius 1 is 0.778 bits per heavy atom. The van der Waals surface area contributed by atoms with E-state index in [1.807, 2.05) is 70.6 Å². The van der Waals surface area contributed by atoms with E-state index in [-0.39, 0.29) is 0 Å². The van der Waals surface area contributed by atoms with Crippen LogP contribution in [0.1, 0.15) is 13.8 Å². The molecule has 0 spiro atoms. The largest absolute Gasteiger partial charge is 0.168 e. The van der Waals surface area contributed by atoms with Crippen molar-refractivity contribution >= 4 is 95.8 Å². The Bertz CT molecular complexity index is 397. The molecule has 2 rings (SSSR count). The molecular formula is C10H12S8. The molecule has 100 valence electrons. The summed E-state index contributed by atoms with van der Waals surface area (Å²) in [5, 5.41) is 1.66. The van der Waals surface area contributed by atoms with E-state index in [4.69, 9.17) is 0 Å². The van der Waals surface area contributed by atoms with E-state index in [1.54, 1.807) is 0 Å². The summed E-state index contributed by atoms with van der Waals surface area (Å²) < 4.78 is 5.64. The summed E-state index contributed by atoms with van der Waals surface area (Å²) >= 11 is 19.9. The topological polar surface area (TPSA) is 0 Å². The van der Waals surface area contributed by atoms with E-state index in [0.29, 0.717) is 0 Å². The fourth-order valence-corrected chi connectivity index (χ4v) is 10.3. The van der Waals surface area contributed by atoms with Gasteiger partial charge in [0.1, 0.15) is 0 Å². The van der Waals surface area contributed by atoms with Crippen molar-refractivity contribution in [2.75, 3.05) is 10.2 Å². The second-order valence-electron chi connectivity index (χ2n) is 3.22. The van der Waals surface area contributed by atoms with E-state index in [0.717, 1.165) is 10.2 Å². The van der Waals surface area contributed by atoms with Gasteiger partial charge in [0.2, 0.25) is 0 Å². The first-order chi connectivity index (χ1) is 8.65. The SMILES string of the molecule is CC1=C(C)SC(=C2SC(SCS)=C(SCS)S2)S1. The fourth-order valence-electron chi connectivity index (χ4n) is 1.18. The first-order valence-corrected chi connectivity index (χ1v) is 11.5. The Balaban J connectivity index is 2.11. The zero-order valence-electron chi connectivity index (χ0n) is 9.76. The molecule has 0 radical (unpaired) electrons. The van der Waals surface area contributed by atoms with Gasteiger partial charge in [0.05, 0.1) is 16.9 Å². The van der Waals surface area contributed by atoms with Crippen molar-refractivity contribution in [3.05, 3.63) is 26.8 Å². The predicted octanol–water partition coefficient (Wildman–Crippen LogP) is 6.69. The van der Waals surface area contributed by atoms with Crippen LogP contribution >= 0.6 is 95.8 Å². The van der Waals surface area contributed by atoms with Crippen molar-refractivity contribution < 1.29 is 0 Å². The summed E-state index contributed by atoms with van der Waals surface area (Å²) in [6.07, 6.45) is 0. The summed E-state index contributed by atoms with van der Waals surface area (Å²) in [5.74, 6) is 0. The summed E-state index contributed by atoms with van der Waals surface area (Å²) in [6, 6.07) is 0. The molecule has 0 unspecified atom stereocenters. The zero-order chi connectivity index (χ0) is 13.1. The molecule has 0 aliphatic carbocycles. The maximum Gasteiger partial charge on any atom is 0.0717 e. The molecule has 0 bridgehead atoms. The van der Waals surface area contributed by atoms with Gasteiger partial charge in [-0.2, -0.15) is 25.3 Å². The molecule has 2 aliphatic rings. The number of allylic oxidation sites excluding steroid dienone is 2. The molecule has 0 N–H and O–H groups in total. The number of thiol groups is 2. The van der Waals surface area contributed by atoms with E-state index in [1.165, 1.54) is 26.8 Å². The molecular weight excluding hydrogens is 377 g/mol. The van der Waals surface area contributed by atoms with Crippen molar-refractivity contribution in [3.8, 4) is 0 Å². The summed E-state index contributed by atoms with van der Waals surface area (Å²) in [7, 11) is 0. The normalized spacial score (nSPS) is 20.7. The Morgan fingerprint density at radius 3 is 1.56 bits per heavy atom. The van der Waals surface area contributed by atoms with E-state index in [9.17, 15) is 0 Å². The van der Waals surface area contributed by atoms with Gasteiger partial charge in [0.15, 0.2) is 0 Å². The Morgan fingerprint density at radius 2 is 1.17 bits per heavy atom. The maximum absolute atomic E-state index is 4.32. The third-order valence-corrected chi connectivity index (χ3v) is 11.0. The van der Waals surface area contributed by atoms with E-state index >= 15 is 0 Å². The molecule has 18 heavy (non-hydrogen) atoms. The van der Waals surface area contributed by atoms with Crippen molar-refractivity contribution in [2.45, 2.75) is 13.8 Å². The lowest BCUT2D eigenvalue weighted by Gasteiger charge is -2.01. The van der Waals surface area contributed by atoms with Crippen LogP contribution in [0.3, 0.4) is 0 Å². The molecule has 0 saturated carbocycles. The minimum absolute atomic E-state index is 0.832. The summed E-state index contributed by atoms with van der Waals surface area (Å²) in [5.41, 5.74) is 0. The average molecular weight is 389 g/mol. The minimum Gasteiger partial charge on any atom is -0.168 e. The highest BCUT2D eigenvalue weighted by molar-refractivity contribution is 8.43. The molecule has 0 aromatic rings. The second kappa shape index (κ2) is 7.87. The lowest BCUT2D eigenvalue weighted by atomic mass is 10.6. The Labute approximate surface area is 145 Å². The molecule has 0 aromatic heterocycles. The minimum atomic E-state index is 0.832. The molecule has 2 heterocycles. The molecule has 0 aromatic carbocycles. The highest BCUT2D eigenvalue weighted by atomic mass is 32.3. The van der Waals surface area contributed by atoms with Crippen molar-refractivity contribution in [1.82, 2.24) is 0 Å². The van der Waals surface area contributed by atoms with Gasteiger partial charge in [-0.25, -0.2) is 0 Å². The quantitative estimate of drug-likeness (QED) is 0.403. The van der Waals surface area contributed by atoms with Crippen molar-refractivity contribution in [2.24, 2.45) is 0 Å². The number of hydrogen-bond acceptors (Lipinski definition) is 8. The monoisotopic (exact) mass is 388 g/mol. The molecule has 0 atom stereocenters. The lowest BCUT2D eigenvalue weighted by Crippen LogP contribution is -1.69. The van der Waals surface area contributed by atoms with Crippen LogP contribution in [-0.4, -0.2) is 10.2 Å². The van der Waals surface area contributed by atoms with Crippen molar-refractivity contribution in [1.29, 1.82) is 0 Å². The standard InChI is InChI=1S/C10H12S8/c1-5-6(2)16-9(15-5)10-17-7(13-3-11)8(18-10)14-4-12/h11-12H,3-4H2,1-2H3. The van der Waals surface area contributed by atoms with Gasteiger partial charge in [-0.1, -0.05) is 47.0 Å². The van der Waals surface area contributed by atoms with Crippen molar-refractivity contribution in [3.63, 3.8) is 0 Å². The average Bonchev–Trinajstić information content (AvgIpc) is 2.86. The first-order valence-electron chi connectivity index (χ1n) is 5.00. The van der Waals surface area contributed by atoms with Crippen LogP contribution in [0.2, 0.25) is 0 Å². The van der Waals surface area contributed by atoms with E-state index in [2.05, 4.69) is 39.1 Å². The van der Waals surface area contributed by atoms with Crippen LogP contribution in [0.15, 0.2) is 26.8 Å². The zero-order valence-corrected chi connectivity index (χ0v) is 16.4. The highest BCUT2D eigenvalue weighted by Crippen LogP contribution is 2.63. The Hall–Kier alpha value is 2.02. The van der Waals surface area contributed by atoms with Gasteiger partial charge in [0, 0.05) is 10.2 Å². The summed E-state index contributed by atoms with van der Waals surface area (Å²) in [6.45, 7) is 4.40. The van der Waals surface area contributed by atoms with Crippen LogP contribution in [-0.2, 0) is 0 Å². The maximum atomic E-state index is 4.32. The number of rotatable bonds is 4. The molecule has 0 nitrogen and oxygen atoms in total. The van der Waals surface area contributed by atoms with Gasteiger partial charge >= 0.3 is 0 Å². The predicted molar refractivity (Wildman–Crippen MR) is 106 cm³/mol. The van der Waals surface area contributed by atoms with E-state index < -0.39 is 0 Å². The van der Waals surface area contributed by atoms with Crippen LogP contribution in [0.25, 0.3) is 0 Å².